The highest BCUT2D eigenvalue weighted by molar-refractivity contribution is 6.30. The maximum absolute atomic E-state index is 13.3. The molecule has 0 N–H and O–H groups in total. The van der Waals surface area contributed by atoms with Gasteiger partial charge in [-0.2, -0.15) is 4.68 Å². The molecule has 35 heavy (non-hydrogen) atoms. The molecule has 0 saturated carbocycles. The van der Waals surface area contributed by atoms with E-state index in [0.717, 1.165) is 25.4 Å². The van der Waals surface area contributed by atoms with Gasteiger partial charge in [-0.15, -0.1) is 5.10 Å². The lowest BCUT2D eigenvalue weighted by Crippen LogP contribution is -2.33. The van der Waals surface area contributed by atoms with E-state index in [0.29, 0.717) is 35.1 Å². The van der Waals surface area contributed by atoms with Crippen molar-refractivity contribution in [2.75, 3.05) is 26.2 Å². The third kappa shape index (κ3) is 6.61. The molecule has 4 rings (SSSR count). The number of benzene rings is 2. The predicted molar refractivity (Wildman–Crippen MR) is 139 cm³/mol. The Labute approximate surface area is 211 Å². The van der Waals surface area contributed by atoms with Crippen LogP contribution in [0.5, 0.6) is 5.75 Å². The molecular formula is C27H33ClN4O3. The number of ether oxygens (including phenoxy) is 1. The Morgan fingerprint density at radius 3 is 2.51 bits per heavy atom. The molecule has 0 spiro atoms. The number of carbonyl (C=O) groups is 1. The minimum atomic E-state index is -0.365. The number of ketones is 1. The maximum Gasteiger partial charge on any atom is 0.351 e. The molecule has 1 saturated heterocycles. The molecule has 2 aromatic carbocycles. The number of likely N-dealkylation sites (tertiary alicyclic amines) is 1. The molecule has 7 nitrogen and oxygen atoms in total. The summed E-state index contributed by atoms with van der Waals surface area (Å²) in [5.41, 5.74) is 0.927. The average molecular weight is 497 g/mol. The fraction of sp³-hybridized carbons (Fsp3) is 0.444. The highest BCUT2D eigenvalue weighted by atomic mass is 35.5. The Balaban J connectivity index is 1.55. The number of Topliss-reactive ketones (excluding diaryl/α,β-unsaturated/α-hetero) is 1. The second-order valence-corrected chi connectivity index (χ2v) is 9.93. The van der Waals surface area contributed by atoms with Gasteiger partial charge in [-0.05, 0) is 68.2 Å². The zero-order valence-electron chi connectivity index (χ0n) is 20.5. The van der Waals surface area contributed by atoms with Gasteiger partial charge in [0.25, 0.3) is 0 Å². The molecule has 0 radical (unpaired) electrons. The molecule has 0 unspecified atom stereocenters. The van der Waals surface area contributed by atoms with Crippen molar-refractivity contribution in [1.29, 1.82) is 0 Å². The first-order chi connectivity index (χ1) is 16.9. The number of aromatic nitrogens is 3. The summed E-state index contributed by atoms with van der Waals surface area (Å²) in [6.45, 7) is 7.77. The second kappa shape index (κ2) is 11.7. The first-order valence-corrected chi connectivity index (χ1v) is 12.7. The molecule has 186 valence electrons. The zero-order chi connectivity index (χ0) is 24.8. The number of carbonyl (C=O) groups excluding carboxylic acids is 1. The van der Waals surface area contributed by atoms with Gasteiger partial charge in [0, 0.05) is 23.6 Å². The molecule has 1 aromatic heterocycles. The Morgan fingerprint density at radius 1 is 1.09 bits per heavy atom. The zero-order valence-corrected chi connectivity index (χ0v) is 21.2. The number of hydrogen-bond donors (Lipinski definition) is 0. The van der Waals surface area contributed by atoms with Crippen LogP contribution >= 0.6 is 11.6 Å². The molecule has 3 aromatic rings. The van der Waals surface area contributed by atoms with Gasteiger partial charge in [0.15, 0.2) is 11.6 Å². The standard InChI is InChI=1S/C27H33ClN4O3/c1-20(2)17-24(33)19-31-26(21-7-6-8-22(28)18-21)29-32(27(31)34)23-9-11-25(12-10-23)35-16-15-30-13-4-3-5-14-30/h6-12,18,20H,3-5,13-17,19H2,1-2H3. The lowest BCUT2D eigenvalue weighted by atomic mass is 10.1. The summed E-state index contributed by atoms with van der Waals surface area (Å²) in [5, 5.41) is 5.12. The van der Waals surface area contributed by atoms with E-state index in [1.54, 1.807) is 18.2 Å². The third-order valence-electron chi connectivity index (χ3n) is 6.12. The van der Waals surface area contributed by atoms with Gasteiger partial charge in [-0.3, -0.25) is 14.3 Å². The van der Waals surface area contributed by atoms with Gasteiger partial charge < -0.3 is 4.74 Å². The lowest BCUT2D eigenvalue weighted by Gasteiger charge is -2.26. The molecule has 1 aliphatic heterocycles. The summed E-state index contributed by atoms with van der Waals surface area (Å²) in [4.78, 5) is 28.4. The summed E-state index contributed by atoms with van der Waals surface area (Å²) in [7, 11) is 0. The van der Waals surface area contributed by atoms with Gasteiger partial charge in [0.2, 0.25) is 0 Å². The van der Waals surface area contributed by atoms with Gasteiger partial charge in [-0.25, -0.2) is 4.79 Å². The van der Waals surface area contributed by atoms with Crippen molar-refractivity contribution in [1.82, 2.24) is 19.2 Å². The summed E-state index contributed by atoms with van der Waals surface area (Å²) in [5.74, 6) is 1.37. The van der Waals surface area contributed by atoms with Gasteiger partial charge in [-0.1, -0.05) is 44.0 Å². The van der Waals surface area contributed by atoms with Crippen LogP contribution < -0.4 is 10.4 Å². The quantitative estimate of drug-likeness (QED) is 0.402. The Kier molecular flexibility index (Phi) is 8.42. The topological polar surface area (TPSA) is 69.4 Å². The molecule has 0 atom stereocenters. The van der Waals surface area contributed by atoms with Crippen LogP contribution in [0, 0.1) is 5.92 Å². The maximum atomic E-state index is 13.3. The Bertz CT molecular complexity index is 1190. The molecular weight excluding hydrogens is 464 g/mol. The highest BCUT2D eigenvalue weighted by Crippen LogP contribution is 2.22. The average Bonchev–Trinajstić information content (AvgIpc) is 3.15. The number of halogens is 1. The molecule has 0 amide bonds. The minimum Gasteiger partial charge on any atom is -0.492 e. The molecule has 0 bridgehead atoms. The monoisotopic (exact) mass is 496 g/mol. The highest BCUT2D eigenvalue weighted by Gasteiger charge is 2.19. The van der Waals surface area contributed by atoms with E-state index in [2.05, 4.69) is 10.00 Å². The first-order valence-electron chi connectivity index (χ1n) is 12.3. The van der Waals surface area contributed by atoms with Crippen molar-refractivity contribution in [3.05, 3.63) is 64.0 Å². The van der Waals surface area contributed by atoms with E-state index < -0.39 is 0 Å². The van der Waals surface area contributed by atoms with Crippen LogP contribution in [0.15, 0.2) is 53.3 Å². The molecule has 2 heterocycles. The van der Waals surface area contributed by atoms with Crippen LogP contribution in [0.2, 0.25) is 5.02 Å². The van der Waals surface area contributed by atoms with E-state index in [4.69, 9.17) is 16.3 Å². The second-order valence-electron chi connectivity index (χ2n) is 9.50. The number of piperidine rings is 1. The smallest absolute Gasteiger partial charge is 0.351 e. The molecule has 1 aliphatic rings. The van der Waals surface area contributed by atoms with Crippen LogP contribution in [0.3, 0.4) is 0 Å². The normalized spacial score (nSPS) is 14.4. The number of hydrogen-bond acceptors (Lipinski definition) is 5. The van der Waals surface area contributed by atoms with E-state index >= 15 is 0 Å². The van der Waals surface area contributed by atoms with Crippen LogP contribution in [-0.4, -0.2) is 51.3 Å². The van der Waals surface area contributed by atoms with Crippen molar-refractivity contribution in [3.8, 4) is 22.8 Å². The Morgan fingerprint density at radius 2 is 1.83 bits per heavy atom. The molecule has 0 aliphatic carbocycles. The van der Waals surface area contributed by atoms with Crippen LogP contribution in [-0.2, 0) is 11.3 Å². The first kappa shape index (κ1) is 25.2. The van der Waals surface area contributed by atoms with Gasteiger partial charge in [0.05, 0.1) is 12.2 Å². The summed E-state index contributed by atoms with van der Waals surface area (Å²) in [6.07, 6.45) is 4.24. The van der Waals surface area contributed by atoms with Crippen molar-refractivity contribution in [2.24, 2.45) is 5.92 Å². The van der Waals surface area contributed by atoms with E-state index in [1.807, 2.05) is 44.2 Å². The fourth-order valence-electron chi connectivity index (χ4n) is 4.40. The molecule has 8 heteroatoms. The van der Waals surface area contributed by atoms with Crippen molar-refractivity contribution >= 4 is 17.4 Å². The lowest BCUT2D eigenvalue weighted by molar-refractivity contribution is -0.120. The number of nitrogens with zero attached hydrogens (tertiary/aromatic N) is 4. The van der Waals surface area contributed by atoms with Gasteiger partial charge >= 0.3 is 5.69 Å². The van der Waals surface area contributed by atoms with Crippen LogP contribution in [0.1, 0.15) is 39.5 Å². The SMILES string of the molecule is CC(C)CC(=O)Cn1c(-c2cccc(Cl)c2)nn(-c2ccc(OCCN3CCCCC3)cc2)c1=O. The fourth-order valence-corrected chi connectivity index (χ4v) is 4.59. The minimum absolute atomic E-state index is 0.0117. The van der Waals surface area contributed by atoms with Crippen LogP contribution in [0.4, 0.5) is 0 Å². The number of rotatable bonds is 10. The van der Waals surface area contributed by atoms with Crippen LogP contribution in [0.25, 0.3) is 17.1 Å². The van der Waals surface area contributed by atoms with E-state index in [1.165, 1.54) is 28.5 Å². The van der Waals surface area contributed by atoms with Crippen molar-refractivity contribution in [2.45, 2.75) is 46.1 Å². The van der Waals surface area contributed by atoms with E-state index in [-0.39, 0.29) is 23.9 Å². The van der Waals surface area contributed by atoms with Gasteiger partial charge in [0.1, 0.15) is 12.4 Å². The largest absolute Gasteiger partial charge is 0.492 e. The third-order valence-corrected chi connectivity index (χ3v) is 6.36. The molecule has 1 fully saturated rings. The summed E-state index contributed by atoms with van der Waals surface area (Å²) in [6, 6.07) is 14.5. The van der Waals surface area contributed by atoms with E-state index in [9.17, 15) is 9.59 Å². The Hall–Kier alpha value is -2.90. The summed E-state index contributed by atoms with van der Waals surface area (Å²) < 4.78 is 8.68. The summed E-state index contributed by atoms with van der Waals surface area (Å²) >= 11 is 6.19. The van der Waals surface area contributed by atoms with Crippen molar-refractivity contribution in [3.63, 3.8) is 0 Å². The predicted octanol–water partition coefficient (Wildman–Crippen LogP) is 4.83. The van der Waals surface area contributed by atoms with Crippen molar-refractivity contribution < 1.29 is 9.53 Å².